The highest BCUT2D eigenvalue weighted by atomic mass is 32.1. The normalized spacial score (nSPS) is 33.3. The molecular formula is C14H18N2OS. The molecule has 0 radical (unpaired) electrons. The Morgan fingerprint density at radius 1 is 1.33 bits per heavy atom. The van der Waals surface area contributed by atoms with Crippen LogP contribution in [0.2, 0.25) is 0 Å². The number of nitrogens with zero attached hydrogens (tertiary/aromatic N) is 1. The summed E-state index contributed by atoms with van der Waals surface area (Å²) < 4.78 is 0. The van der Waals surface area contributed by atoms with Gasteiger partial charge in [-0.2, -0.15) is 0 Å². The SMILES string of the molecule is O=C(C1CNc2ccsc2C1)N1CC2CC(C2)C1. The number of piperidine rings is 2. The van der Waals surface area contributed by atoms with Crippen LogP contribution in [0.1, 0.15) is 17.7 Å². The van der Waals surface area contributed by atoms with Gasteiger partial charge in [0.1, 0.15) is 0 Å². The molecule has 1 unspecified atom stereocenters. The molecule has 3 aliphatic heterocycles. The highest BCUT2D eigenvalue weighted by Crippen LogP contribution is 2.40. The molecule has 1 amide bonds. The van der Waals surface area contributed by atoms with Crippen molar-refractivity contribution in [3.8, 4) is 0 Å². The molecule has 18 heavy (non-hydrogen) atoms. The lowest BCUT2D eigenvalue weighted by Crippen LogP contribution is -2.53. The van der Waals surface area contributed by atoms with Crippen molar-refractivity contribution in [3.05, 3.63) is 16.3 Å². The maximum absolute atomic E-state index is 12.5. The lowest BCUT2D eigenvalue weighted by Gasteiger charge is -2.48. The van der Waals surface area contributed by atoms with E-state index in [1.165, 1.54) is 23.4 Å². The Bertz CT molecular complexity index is 468. The Morgan fingerprint density at radius 2 is 2.11 bits per heavy atom. The van der Waals surface area contributed by atoms with Crippen molar-refractivity contribution in [3.63, 3.8) is 0 Å². The Balaban J connectivity index is 1.46. The molecule has 4 heterocycles. The van der Waals surface area contributed by atoms with Crippen molar-refractivity contribution in [2.45, 2.75) is 19.3 Å². The van der Waals surface area contributed by atoms with Gasteiger partial charge in [-0.1, -0.05) is 0 Å². The number of carbonyl (C=O) groups excluding carboxylic acids is 1. The highest BCUT2D eigenvalue weighted by molar-refractivity contribution is 7.10. The Kier molecular flexibility index (Phi) is 2.40. The average Bonchev–Trinajstić information content (AvgIpc) is 2.84. The van der Waals surface area contributed by atoms with Crippen LogP contribution in [0.15, 0.2) is 11.4 Å². The van der Waals surface area contributed by atoms with Gasteiger partial charge in [-0.05, 0) is 42.5 Å². The van der Waals surface area contributed by atoms with Gasteiger partial charge in [0, 0.05) is 30.2 Å². The van der Waals surface area contributed by atoms with E-state index in [1.54, 1.807) is 11.3 Å². The van der Waals surface area contributed by atoms with E-state index in [0.717, 1.165) is 37.9 Å². The monoisotopic (exact) mass is 262 g/mol. The maximum atomic E-state index is 12.5. The third-order valence-corrected chi connectivity index (χ3v) is 5.61. The van der Waals surface area contributed by atoms with E-state index >= 15 is 0 Å². The molecule has 1 aliphatic carbocycles. The van der Waals surface area contributed by atoms with Crippen LogP contribution in [0.5, 0.6) is 0 Å². The first kappa shape index (κ1) is 10.9. The molecule has 1 N–H and O–H groups in total. The maximum Gasteiger partial charge on any atom is 0.227 e. The van der Waals surface area contributed by atoms with Gasteiger partial charge in [0.2, 0.25) is 5.91 Å². The summed E-state index contributed by atoms with van der Waals surface area (Å²) in [7, 11) is 0. The number of amides is 1. The molecule has 1 saturated carbocycles. The van der Waals surface area contributed by atoms with Crippen molar-refractivity contribution in [1.29, 1.82) is 0 Å². The number of rotatable bonds is 1. The molecule has 0 aromatic carbocycles. The molecule has 1 aromatic heterocycles. The van der Waals surface area contributed by atoms with Gasteiger partial charge in [0.15, 0.2) is 0 Å². The minimum Gasteiger partial charge on any atom is -0.383 e. The van der Waals surface area contributed by atoms with E-state index < -0.39 is 0 Å². The molecule has 1 atom stereocenters. The number of anilines is 1. The average molecular weight is 262 g/mol. The number of fused-ring (bicyclic) bond motifs is 3. The third kappa shape index (κ3) is 1.66. The zero-order valence-electron chi connectivity index (χ0n) is 10.4. The second kappa shape index (κ2) is 3.98. The number of thiophene rings is 1. The predicted molar refractivity (Wildman–Crippen MR) is 72.8 cm³/mol. The third-order valence-electron chi connectivity index (χ3n) is 4.67. The predicted octanol–water partition coefficient (Wildman–Crippen LogP) is 2.20. The van der Waals surface area contributed by atoms with Crippen molar-refractivity contribution in [1.82, 2.24) is 4.90 Å². The van der Waals surface area contributed by atoms with Gasteiger partial charge in [0.25, 0.3) is 0 Å². The first-order valence-electron chi connectivity index (χ1n) is 6.88. The first-order chi connectivity index (χ1) is 8.79. The van der Waals surface area contributed by atoms with Crippen LogP contribution in [0, 0.1) is 17.8 Å². The van der Waals surface area contributed by atoms with E-state index in [0.29, 0.717) is 5.91 Å². The van der Waals surface area contributed by atoms with E-state index in [4.69, 9.17) is 0 Å². The van der Waals surface area contributed by atoms with E-state index in [2.05, 4.69) is 21.7 Å². The van der Waals surface area contributed by atoms with Gasteiger partial charge in [-0.25, -0.2) is 0 Å². The zero-order chi connectivity index (χ0) is 12.1. The fourth-order valence-electron chi connectivity index (χ4n) is 3.67. The molecule has 2 bridgehead atoms. The van der Waals surface area contributed by atoms with Crippen molar-refractivity contribution in [2.24, 2.45) is 17.8 Å². The molecule has 96 valence electrons. The summed E-state index contributed by atoms with van der Waals surface area (Å²) in [6.07, 6.45) is 3.66. The molecular weight excluding hydrogens is 244 g/mol. The standard InChI is InChI=1S/C14H18N2OS/c17-14(16-7-9-3-10(4-9)8-16)11-5-13-12(15-6-11)1-2-18-13/h1-2,9-11,15H,3-8H2. The largest absolute Gasteiger partial charge is 0.383 e. The topological polar surface area (TPSA) is 32.3 Å². The number of hydrogen-bond acceptors (Lipinski definition) is 3. The Morgan fingerprint density at radius 3 is 2.89 bits per heavy atom. The van der Waals surface area contributed by atoms with Crippen LogP contribution in [0.3, 0.4) is 0 Å². The zero-order valence-corrected chi connectivity index (χ0v) is 11.2. The summed E-state index contributed by atoms with van der Waals surface area (Å²) >= 11 is 1.77. The molecule has 4 heteroatoms. The summed E-state index contributed by atoms with van der Waals surface area (Å²) in [4.78, 5) is 16.0. The summed E-state index contributed by atoms with van der Waals surface area (Å²) in [5, 5.41) is 5.51. The van der Waals surface area contributed by atoms with Gasteiger partial charge in [-0.15, -0.1) is 11.3 Å². The van der Waals surface area contributed by atoms with Crippen LogP contribution in [0.4, 0.5) is 5.69 Å². The number of nitrogens with one attached hydrogen (secondary N) is 1. The first-order valence-corrected chi connectivity index (χ1v) is 7.76. The minimum atomic E-state index is 0.161. The molecule has 2 saturated heterocycles. The highest BCUT2D eigenvalue weighted by Gasteiger charge is 2.40. The van der Waals surface area contributed by atoms with Crippen molar-refractivity contribution in [2.75, 3.05) is 25.0 Å². The fourth-order valence-corrected chi connectivity index (χ4v) is 4.60. The summed E-state index contributed by atoms with van der Waals surface area (Å²) in [5.41, 5.74) is 1.24. The fraction of sp³-hybridized carbons (Fsp3) is 0.643. The summed E-state index contributed by atoms with van der Waals surface area (Å²) in [6.45, 7) is 2.85. The summed E-state index contributed by atoms with van der Waals surface area (Å²) in [5.74, 6) is 2.16. The smallest absolute Gasteiger partial charge is 0.227 e. The molecule has 5 rings (SSSR count). The van der Waals surface area contributed by atoms with Crippen LogP contribution in [-0.4, -0.2) is 30.4 Å². The van der Waals surface area contributed by atoms with Crippen molar-refractivity contribution >= 4 is 22.9 Å². The van der Waals surface area contributed by atoms with E-state index in [-0.39, 0.29) is 5.92 Å². The second-order valence-electron chi connectivity index (χ2n) is 5.99. The lowest BCUT2D eigenvalue weighted by atomic mass is 9.71. The number of hydrogen-bond donors (Lipinski definition) is 1. The second-order valence-corrected chi connectivity index (χ2v) is 6.99. The van der Waals surface area contributed by atoms with Crippen LogP contribution >= 0.6 is 11.3 Å². The van der Waals surface area contributed by atoms with Crippen LogP contribution in [-0.2, 0) is 11.2 Å². The molecule has 1 aromatic rings. The van der Waals surface area contributed by atoms with Gasteiger partial charge in [0.05, 0.1) is 5.92 Å². The lowest BCUT2D eigenvalue weighted by molar-refractivity contribution is -0.141. The Hall–Kier alpha value is -1.03. The van der Waals surface area contributed by atoms with E-state index in [9.17, 15) is 4.79 Å². The van der Waals surface area contributed by atoms with E-state index in [1.807, 2.05) is 0 Å². The van der Waals surface area contributed by atoms with Crippen molar-refractivity contribution < 1.29 is 4.79 Å². The number of carbonyl (C=O) groups is 1. The van der Waals surface area contributed by atoms with Gasteiger partial charge < -0.3 is 10.2 Å². The van der Waals surface area contributed by atoms with Gasteiger partial charge >= 0.3 is 0 Å². The summed E-state index contributed by atoms with van der Waals surface area (Å²) in [6, 6.07) is 2.12. The minimum absolute atomic E-state index is 0.161. The molecule has 3 nitrogen and oxygen atoms in total. The molecule has 4 aliphatic rings. The van der Waals surface area contributed by atoms with Crippen LogP contribution in [0.25, 0.3) is 0 Å². The molecule has 0 spiro atoms. The quantitative estimate of drug-likeness (QED) is 0.841. The molecule has 3 fully saturated rings. The van der Waals surface area contributed by atoms with Crippen LogP contribution < -0.4 is 5.32 Å². The van der Waals surface area contributed by atoms with Gasteiger partial charge in [-0.3, -0.25) is 4.79 Å². The Labute approximate surface area is 111 Å².